The number of hydrogen-bond donors (Lipinski definition) is 2. The van der Waals surface area contributed by atoms with E-state index in [2.05, 4.69) is 37.3 Å². The average molecular weight is 304 g/mol. The van der Waals surface area contributed by atoms with Crippen LogP contribution in [0.3, 0.4) is 0 Å². The van der Waals surface area contributed by atoms with Gasteiger partial charge in [0.2, 0.25) is 5.91 Å². The molecule has 0 aromatic carbocycles. The third kappa shape index (κ3) is 2.85. The van der Waals surface area contributed by atoms with E-state index in [0.717, 1.165) is 55.9 Å². The largest absolute Gasteiger partial charge is 0.357 e. The molecule has 1 atom stereocenters. The van der Waals surface area contributed by atoms with Crippen molar-refractivity contribution in [1.82, 2.24) is 14.9 Å². The Bertz CT molecular complexity index is 567. The van der Waals surface area contributed by atoms with Gasteiger partial charge < -0.3 is 15.5 Å². The Morgan fingerprint density at radius 2 is 1.95 bits per heavy atom. The van der Waals surface area contributed by atoms with Crippen LogP contribution >= 0.6 is 0 Å². The molecule has 1 saturated heterocycles. The first-order chi connectivity index (χ1) is 10.6. The zero-order valence-electron chi connectivity index (χ0n) is 13.5. The lowest BCUT2D eigenvalue weighted by atomic mass is 10.2. The van der Waals surface area contributed by atoms with Crippen LogP contribution in [-0.4, -0.2) is 59.5 Å². The lowest BCUT2D eigenvalue weighted by molar-refractivity contribution is -0.116. The Kier molecular flexibility index (Phi) is 4.15. The fourth-order valence-corrected chi connectivity index (χ4v) is 3.01. The van der Waals surface area contributed by atoms with Crippen molar-refractivity contribution in [3.63, 3.8) is 0 Å². The van der Waals surface area contributed by atoms with Gasteiger partial charge in [-0.3, -0.25) is 9.69 Å². The van der Waals surface area contributed by atoms with Crippen molar-refractivity contribution in [1.29, 1.82) is 0 Å². The zero-order valence-corrected chi connectivity index (χ0v) is 13.5. The van der Waals surface area contributed by atoms with Gasteiger partial charge in [-0.2, -0.15) is 0 Å². The number of aromatic nitrogens is 2. The molecule has 0 spiro atoms. The van der Waals surface area contributed by atoms with Gasteiger partial charge in [-0.15, -0.1) is 0 Å². The van der Waals surface area contributed by atoms with E-state index in [1.165, 1.54) is 6.42 Å². The van der Waals surface area contributed by atoms with Gasteiger partial charge >= 0.3 is 0 Å². The summed E-state index contributed by atoms with van der Waals surface area (Å²) in [5.74, 6) is 2.25. The molecule has 2 aliphatic rings. The molecule has 3 heterocycles. The second-order valence-electron chi connectivity index (χ2n) is 6.00. The molecule has 0 aliphatic carbocycles. The van der Waals surface area contributed by atoms with E-state index >= 15 is 0 Å². The van der Waals surface area contributed by atoms with Gasteiger partial charge in [0.25, 0.3) is 0 Å². The van der Waals surface area contributed by atoms with Gasteiger partial charge in [0.15, 0.2) is 11.6 Å². The molecule has 1 aromatic rings. The number of nitrogens with one attached hydrogen (secondary N) is 2. The Morgan fingerprint density at radius 1 is 1.23 bits per heavy atom. The van der Waals surface area contributed by atoms with Crippen LogP contribution in [0.15, 0.2) is 0 Å². The average Bonchev–Trinajstić information content (AvgIpc) is 2.49. The molecule has 3 rings (SSSR count). The number of rotatable bonds is 3. The molecule has 0 saturated carbocycles. The Morgan fingerprint density at radius 3 is 2.64 bits per heavy atom. The number of carbonyl (C=O) groups is 1. The van der Waals surface area contributed by atoms with E-state index < -0.39 is 0 Å². The number of amides is 1. The van der Waals surface area contributed by atoms with Gasteiger partial charge in [0.05, 0.1) is 0 Å². The Balaban J connectivity index is 1.84. The first kappa shape index (κ1) is 15.0. The fourth-order valence-electron chi connectivity index (χ4n) is 3.01. The van der Waals surface area contributed by atoms with Crippen LogP contribution in [0, 0.1) is 6.92 Å². The van der Waals surface area contributed by atoms with Crippen molar-refractivity contribution in [2.75, 3.05) is 48.3 Å². The minimum absolute atomic E-state index is 0.0363. The number of anilines is 3. The summed E-state index contributed by atoms with van der Waals surface area (Å²) in [6, 6.07) is -0.268. The van der Waals surface area contributed by atoms with E-state index in [4.69, 9.17) is 0 Å². The highest BCUT2D eigenvalue weighted by Crippen LogP contribution is 2.34. The number of carbonyl (C=O) groups excluding carboxylic acids is 1. The summed E-state index contributed by atoms with van der Waals surface area (Å²) in [7, 11) is 0. The number of nitrogens with zero attached hydrogens (tertiary/aromatic N) is 4. The molecule has 0 radical (unpaired) electrons. The number of hydrogen-bond acceptors (Lipinski definition) is 6. The zero-order chi connectivity index (χ0) is 15.7. The van der Waals surface area contributed by atoms with Crippen LogP contribution in [0.1, 0.15) is 26.1 Å². The third-order valence-corrected chi connectivity index (χ3v) is 4.21. The summed E-state index contributed by atoms with van der Waals surface area (Å²) in [4.78, 5) is 25.7. The fraction of sp³-hybridized carbons (Fsp3) is 0.667. The molecule has 22 heavy (non-hydrogen) atoms. The molecule has 1 unspecified atom stereocenters. The van der Waals surface area contributed by atoms with E-state index in [1.54, 1.807) is 0 Å². The molecular weight excluding hydrogens is 280 g/mol. The molecule has 2 N–H and O–H groups in total. The monoisotopic (exact) mass is 304 g/mol. The van der Waals surface area contributed by atoms with E-state index in [0.29, 0.717) is 0 Å². The van der Waals surface area contributed by atoms with Crippen molar-refractivity contribution in [2.45, 2.75) is 33.2 Å². The van der Waals surface area contributed by atoms with E-state index in [9.17, 15) is 4.79 Å². The quantitative estimate of drug-likeness (QED) is 0.870. The molecule has 120 valence electrons. The molecule has 0 bridgehead atoms. The smallest absolute Gasteiger partial charge is 0.246 e. The van der Waals surface area contributed by atoms with E-state index in [1.807, 2.05) is 13.8 Å². The van der Waals surface area contributed by atoms with Crippen LogP contribution in [0.25, 0.3) is 0 Å². The van der Waals surface area contributed by atoms with Gasteiger partial charge in [0, 0.05) is 26.2 Å². The summed E-state index contributed by atoms with van der Waals surface area (Å²) in [6.45, 7) is 11.0. The van der Waals surface area contributed by atoms with Crippen molar-refractivity contribution in [2.24, 2.45) is 0 Å². The van der Waals surface area contributed by atoms with Crippen molar-refractivity contribution in [3.05, 3.63) is 5.82 Å². The van der Waals surface area contributed by atoms with Gasteiger partial charge in [-0.25, -0.2) is 9.97 Å². The minimum Gasteiger partial charge on any atom is -0.357 e. The molecule has 7 nitrogen and oxygen atoms in total. The summed E-state index contributed by atoms with van der Waals surface area (Å²) in [5.41, 5.74) is 0.720. The molecule has 1 aromatic heterocycles. The molecule has 7 heteroatoms. The second-order valence-corrected chi connectivity index (χ2v) is 6.00. The topological polar surface area (TPSA) is 73.4 Å². The van der Waals surface area contributed by atoms with Crippen LogP contribution in [-0.2, 0) is 4.79 Å². The lowest BCUT2D eigenvalue weighted by Gasteiger charge is -2.37. The predicted molar refractivity (Wildman–Crippen MR) is 87.4 cm³/mol. The molecular formula is C15H24N6O. The first-order valence-corrected chi connectivity index (χ1v) is 8.02. The highest BCUT2D eigenvalue weighted by atomic mass is 16.2. The van der Waals surface area contributed by atoms with Crippen LogP contribution in [0.5, 0.6) is 0 Å². The molecule has 1 amide bonds. The predicted octanol–water partition coefficient (Wildman–Crippen LogP) is 1.07. The van der Waals surface area contributed by atoms with Gasteiger partial charge in [-0.1, -0.05) is 6.92 Å². The summed E-state index contributed by atoms with van der Waals surface area (Å²) >= 11 is 0. The standard InChI is InChI=1S/C15H24N6O/c1-4-5-20-6-8-21(9-7-20)14-12-13(17-11(3)18-14)16-10(2)15(22)19-12/h10H,4-9H2,1-3H3,(H,19,22)(H,16,17,18). The third-order valence-electron chi connectivity index (χ3n) is 4.21. The maximum Gasteiger partial charge on any atom is 0.246 e. The molecule has 1 fully saturated rings. The highest BCUT2D eigenvalue weighted by molar-refractivity contribution is 6.04. The summed E-state index contributed by atoms with van der Waals surface area (Å²) < 4.78 is 0. The first-order valence-electron chi connectivity index (χ1n) is 8.02. The van der Waals surface area contributed by atoms with E-state index in [-0.39, 0.29) is 11.9 Å². The lowest BCUT2D eigenvalue weighted by Crippen LogP contribution is -2.47. The van der Waals surface area contributed by atoms with Crippen molar-refractivity contribution < 1.29 is 4.79 Å². The summed E-state index contributed by atoms with van der Waals surface area (Å²) in [6.07, 6.45) is 1.18. The normalized spacial score (nSPS) is 22.0. The number of aryl methyl sites for hydroxylation is 1. The van der Waals surface area contributed by atoms with Crippen LogP contribution in [0.4, 0.5) is 17.3 Å². The van der Waals surface area contributed by atoms with Crippen molar-refractivity contribution >= 4 is 23.2 Å². The SMILES string of the molecule is CCCN1CCN(c2nc(C)nc3c2NC(=O)C(C)N3)CC1. The summed E-state index contributed by atoms with van der Waals surface area (Å²) in [5, 5.41) is 6.12. The maximum absolute atomic E-state index is 12.0. The second kappa shape index (κ2) is 6.08. The Hall–Kier alpha value is -1.89. The van der Waals surface area contributed by atoms with Gasteiger partial charge in [-0.05, 0) is 26.8 Å². The minimum atomic E-state index is -0.268. The van der Waals surface area contributed by atoms with Crippen molar-refractivity contribution in [3.8, 4) is 0 Å². The van der Waals surface area contributed by atoms with Crippen LogP contribution in [0.2, 0.25) is 0 Å². The maximum atomic E-state index is 12.0. The Labute approximate surface area is 131 Å². The van der Waals surface area contributed by atoms with Crippen LogP contribution < -0.4 is 15.5 Å². The number of piperazine rings is 1. The molecule has 2 aliphatic heterocycles. The van der Waals surface area contributed by atoms with Gasteiger partial charge in [0.1, 0.15) is 17.6 Å². The highest BCUT2D eigenvalue weighted by Gasteiger charge is 2.29. The number of fused-ring (bicyclic) bond motifs is 1.